The first kappa shape index (κ1) is 22.5. The van der Waals surface area contributed by atoms with E-state index in [2.05, 4.69) is 32.9 Å². The molecular weight excluding hydrogens is 420 g/mol. The number of carbonyl (C=O) groups is 2. The average Bonchev–Trinajstić information content (AvgIpc) is 3.47. The van der Waals surface area contributed by atoms with Crippen molar-refractivity contribution in [1.82, 2.24) is 0 Å². The fourth-order valence-corrected chi connectivity index (χ4v) is 8.49. The van der Waals surface area contributed by atoms with E-state index in [1.165, 1.54) is 29.6 Å². The Kier molecular flexibility index (Phi) is 5.12. The van der Waals surface area contributed by atoms with Gasteiger partial charge < -0.3 is 4.74 Å². The van der Waals surface area contributed by atoms with E-state index >= 15 is 0 Å². The summed E-state index contributed by atoms with van der Waals surface area (Å²) in [5, 5.41) is 0. The molecule has 0 aliphatic heterocycles. The molecule has 3 nitrogen and oxygen atoms in total. The third-order valence-electron chi connectivity index (χ3n) is 10.4. The molecular formula is C31H38O3. The highest BCUT2D eigenvalue weighted by Gasteiger charge is 2.76. The number of benzene rings is 1. The Balaban J connectivity index is 1.47. The number of ether oxygens (including phenoxy) is 1. The van der Waals surface area contributed by atoms with Crippen LogP contribution in [0, 0.1) is 23.2 Å². The van der Waals surface area contributed by atoms with Crippen LogP contribution in [-0.4, -0.2) is 23.3 Å². The zero-order chi connectivity index (χ0) is 23.8. The molecule has 5 aliphatic rings. The van der Waals surface area contributed by atoms with E-state index in [1.807, 2.05) is 18.2 Å². The minimum atomic E-state index is 0.0412. The molecule has 0 aromatic heterocycles. The normalized spacial score (nSPS) is 38.9. The van der Waals surface area contributed by atoms with Gasteiger partial charge in [0, 0.05) is 23.3 Å². The van der Waals surface area contributed by atoms with Crippen molar-refractivity contribution in [2.45, 2.75) is 96.7 Å². The summed E-state index contributed by atoms with van der Waals surface area (Å²) in [6.45, 7) is 8.66. The smallest absolute Gasteiger partial charge is 0.159 e. The molecule has 5 aliphatic carbocycles. The molecule has 1 aromatic carbocycles. The van der Waals surface area contributed by atoms with Gasteiger partial charge in [0.2, 0.25) is 0 Å². The lowest BCUT2D eigenvalue weighted by molar-refractivity contribution is -0.118. The molecule has 180 valence electrons. The topological polar surface area (TPSA) is 43.4 Å². The molecule has 7 atom stereocenters. The summed E-state index contributed by atoms with van der Waals surface area (Å²) in [6, 6.07) is 8.42. The van der Waals surface area contributed by atoms with Crippen molar-refractivity contribution in [2.24, 2.45) is 23.2 Å². The number of Topliss-reactive ketones (excluding diaryl/α,β-unsaturated/α-hetero) is 1. The number of hydrogen-bond acceptors (Lipinski definition) is 3. The van der Waals surface area contributed by atoms with Gasteiger partial charge >= 0.3 is 0 Å². The molecule has 1 unspecified atom stereocenters. The lowest BCUT2D eigenvalue weighted by Gasteiger charge is -2.54. The molecule has 3 saturated carbocycles. The van der Waals surface area contributed by atoms with Crippen molar-refractivity contribution < 1.29 is 14.3 Å². The quantitative estimate of drug-likeness (QED) is 0.447. The molecule has 0 bridgehead atoms. The van der Waals surface area contributed by atoms with Crippen molar-refractivity contribution >= 4 is 11.6 Å². The molecule has 6 rings (SSSR count). The highest BCUT2D eigenvalue weighted by Crippen LogP contribution is 2.77. The second-order valence-corrected chi connectivity index (χ2v) is 12.0. The van der Waals surface area contributed by atoms with E-state index in [0.29, 0.717) is 42.0 Å². The average molecular weight is 459 g/mol. The molecule has 0 spiro atoms. The first-order valence-corrected chi connectivity index (χ1v) is 13.5. The van der Waals surface area contributed by atoms with Crippen LogP contribution in [-0.2, 0) is 9.53 Å². The Morgan fingerprint density at radius 3 is 2.62 bits per heavy atom. The Hall–Kier alpha value is -2.00. The Labute approximate surface area is 204 Å². The number of allylic oxidation sites excluding steroid dienone is 4. The van der Waals surface area contributed by atoms with Crippen LogP contribution < -0.4 is 0 Å². The Morgan fingerprint density at radius 1 is 1.15 bits per heavy atom. The highest BCUT2D eigenvalue weighted by molar-refractivity contribution is 5.94. The van der Waals surface area contributed by atoms with Gasteiger partial charge in [-0.2, -0.15) is 0 Å². The summed E-state index contributed by atoms with van der Waals surface area (Å²) in [7, 11) is 0. The lowest BCUT2D eigenvalue weighted by Crippen LogP contribution is -2.49. The predicted octanol–water partition coefficient (Wildman–Crippen LogP) is 6.97. The van der Waals surface area contributed by atoms with Crippen molar-refractivity contribution in [3.8, 4) is 0 Å². The van der Waals surface area contributed by atoms with Crippen molar-refractivity contribution in [2.75, 3.05) is 0 Å². The Bertz CT molecular complexity index is 1110. The van der Waals surface area contributed by atoms with E-state index in [1.54, 1.807) is 12.5 Å². The number of hydrogen-bond donors (Lipinski definition) is 0. The number of carbonyl (C=O) groups excluding carboxylic acids is 2. The lowest BCUT2D eigenvalue weighted by atomic mass is 9.51. The molecule has 1 aromatic rings. The van der Waals surface area contributed by atoms with Crippen LogP contribution in [0.3, 0.4) is 0 Å². The van der Waals surface area contributed by atoms with Crippen LogP contribution in [0.1, 0.15) is 101 Å². The molecule has 3 fully saturated rings. The van der Waals surface area contributed by atoms with E-state index < -0.39 is 0 Å². The number of ketones is 2. The maximum atomic E-state index is 12.2. The van der Waals surface area contributed by atoms with Gasteiger partial charge in [-0.3, -0.25) is 9.59 Å². The third-order valence-corrected chi connectivity index (χ3v) is 10.4. The first-order valence-electron chi connectivity index (χ1n) is 13.5. The van der Waals surface area contributed by atoms with Gasteiger partial charge in [-0.25, -0.2) is 0 Å². The zero-order valence-corrected chi connectivity index (χ0v) is 21.2. The van der Waals surface area contributed by atoms with Crippen LogP contribution in [0.25, 0.3) is 0 Å². The molecule has 0 N–H and O–H groups in total. The summed E-state index contributed by atoms with van der Waals surface area (Å²) in [5.74, 6) is 2.71. The van der Waals surface area contributed by atoms with Crippen molar-refractivity contribution in [3.05, 3.63) is 58.2 Å². The fraction of sp³-hybridized carbons (Fsp3) is 0.613. The van der Waals surface area contributed by atoms with Gasteiger partial charge in [-0.1, -0.05) is 43.7 Å². The highest BCUT2D eigenvalue weighted by atomic mass is 16.5. The summed E-state index contributed by atoms with van der Waals surface area (Å²) < 4.78 is 6.91. The first-order chi connectivity index (χ1) is 16.3. The minimum absolute atomic E-state index is 0.0412. The van der Waals surface area contributed by atoms with E-state index in [9.17, 15) is 9.59 Å². The fourth-order valence-electron chi connectivity index (χ4n) is 8.49. The Morgan fingerprint density at radius 2 is 1.91 bits per heavy atom. The zero-order valence-electron chi connectivity index (χ0n) is 21.2. The molecule has 0 amide bonds. The van der Waals surface area contributed by atoms with Crippen LogP contribution >= 0.6 is 0 Å². The molecule has 0 radical (unpaired) electrons. The summed E-state index contributed by atoms with van der Waals surface area (Å²) in [4.78, 5) is 24.2. The summed E-state index contributed by atoms with van der Waals surface area (Å²) >= 11 is 0. The largest absolute Gasteiger partial charge is 0.371 e. The van der Waals surface area contributed by atoms with E-state index in [0.717, 1.165) is 37.7 Å². The van der Waals surface area contributed by atoms with Gasteiger partial charge in [-0.15, -0.1) is 0 Å². The van der Waals surface area contributed by atoms with Gasteiger partial charge in [0.15, 0.2) is 11.6 Å². The monoisotopic (exact) mass is 458 g/mol. The van der Waals surface area contributed by atoms with Gasteiger partial charge in [0.05, 0.1) is 11.7 Å². The molecule has 34 heavy (non-hydrogen) atoms. The molecule has 3 heteroatoms. The minimum Gasteiger partial charge on any atom is -0.371 e. The van der Waals surface area contributed by atoms with Gasteiger partial charge in [0.1, 0.15) is 0 Å². The van der Waals surface area contributed by atoms with Gasteiger partial charge in [0.25, 0.3) is 0 Å². The predicted molar refractivity (Wildman–Crippen MR) is 134 cm³/mol. The summed E-state index contributed by atoms with van der Waals surface area (Å²) in [6.07, 6.45) is 10.7. The van der Waals surface area contributed by atoms with Crippen LogP contribution in [0.2, 0.25) is 0 Å². The second-order valence-electron chi connectivity index (χ2n) is 12.0. The van der Waals surface area contributed by atoms with Gasteiger partial charge in [-0.05, 0) is 99.3 Å². The number of rotatable bonds is 5. The molecule has 0 heterocycles. The van der Waals surface area contributed by atoms with Crippen LogP contribution in [0.5, 0.6) is 0 Å². The van der Waals surface area contributed by atoms with E-state index in [4.69, 9.17) is 4.74 Å². The second kappa shape index (κ2) is 7.75. The number of fused-ring (bicyclic) bond motifs is 6. The van der Waals surface area contributed by atoms with Crippen molar-refractivity contribution in [3.63, 3.8) is 0 Å². The third kappa shape index (κ3) is 3.11. The van der Waals surface area contributed by atoms with Crippen LogP contribution in [0.15, 0.2) is 47.1 Å². The van der Waals surface area contributed by atoms with E-state index in [-0.39, 0.29) is 16.8 Å². The SMILES string of the molecule is CCC(C)O[C@@]12C[C@@H]1C[C@H]1[C@@H]3CCC4=CC(=O)CCC4=C3[C@@H](c3ccc(C(C)=O)cc3)C[C@@]12C. The maximum Gasteiger partial charge on any atom is 0.159 e. The maximum absolute atomic E-state index is 12.2. The summed E-state index contributed by atoms with van der Waals surface area (Å²) in [5.41, 5.74) is 6.76. The standard InChI is InChI=1S/C31H38O3/c1-5-18(2)34-31-16-23(31)15-28-26-12-10-22-14-24(33)11-13-25(22)29(26)27(17-30(28,31)4)21-8-6-20(7-9-21)19(3)32/h6-9,14,18,23,26-28H,5,10-13,15-17H2,1-4H3/t18?,23-,26-,27+,28-,30-,31-/m0/s1. The van der Waals surface area contributed by atoms with Crippen LogP contribution in [0.4, 0.5) is 0 Å². The molecule has 0 saturated heterocycles. The van der Waals surface area contributed by atoms with Crippen molar-refractivity contribution in [1.29, 1.82) is 0 Å².